The molecule has 0 N–H and O–H groups in total. The van der Waals surface area contributed by atoms with Gasteiger partial charge in [0.15, 0.2) is 6.10 Å². The molecule has 3 atom stereocenters. The van der Waals surface area contributed by atoms with Crippen molar-refractivity contribution in [2.75, 3.05) is 16.6 Å². The number of hydrogen-bond donors (Lipinski definition) is 0. The summed E-state index contributed by atoms with van der Waals surface area (Å²) in [6, 6.07) is 11.2. The summed E-state index contributed by atoms with van der Waals surface area (Å²) in [4.78, 5) is 49.6. The summed E-state index contributed by atoms with van der Waals surface area (Å²) in [7, 11) is 0. The summed E-state index contributed by atoms with van der Waals surface area (Å²) < 4.78 is 5.36. The average Bonchev–Trinajstić information content (AvgIpc) is 3.55. The van der Waals surface area contributed by atoms with Gasteiger partial charge >= 0.3 is 5.97 Å². The molecule has 3 aromatic rings. The molecule has 0 unspecified atom stereocenters. The number of rotatable bonds is 5. The molecular formula is C28H23Cl3N2O5S. The van der Waals surface area contributed by atoms with Crippen molar-refractivity contribution >= 4 is 74.6 Å². The normalized spacial score (nSPS) is 22.3. The number of aryl methyl sites for hydroxylation is 1. The molecule has 7 nitrogen and oxygen atoms in total. The fraction of sp³-hybridized carbons (Fsp3) is 0.321. The average molecular weight is 606 g/mol. The fourth-order valence-electron chi connectivity index (χ4n) is 5.61. The Morgan fingerprint density at radius 2 is 1.74 bits per heavy atom. The molecule has 2 aliphatic heterocycles. The highest BCUT2D eigenvalue weighted by Crippen LogP contribution is 2.51. The minimum atomic E-state index is -1.11. The number of carbonyl (C=O) groups excluding carboxylic acids is 3. The van der Waals surface area contributed by atoms with Gasteiger partial charge < -0.3 is 4.74 Å². The molecule has 11 heteroatoms. The number of halogens is 3. The van der Waals surface area contributed by atoms with Gasteiger partial charge in [-0.3, -0.25) is 14.4 Å². The molecule has 0 radical (unpaired) electrons. The molecule has 2 aromatic carbocycles. The second-order valence-electron chi connectivity index (χ2n) is 9.59. The first kappa shape index (κ1) is 26.6. The Labute approximate surface area is 244 Å². The van der Waals surface area contributed by atoms with Gasteiger partial charge in [0.2, 0.25) is 5.91 Å². The zero-order valence-electron chi connectivity index (χ0n) is 20.8. The topological polar surface area (TPSA) is 76.2 Å². The van der Waals surface area contributed by atoms with Gasteiger partial charge in [-0.05, 0) is 80.1 Å². The largest absolute Gasteiger partial charge is 0.462 e. The molecule has 1 aliphatic carbocycles. The Bertz CT molecular complexity index is 1490. The van der Waals surface area contributed by atoms with Crippen molar-refractivity contribution in [3.05, 3.63) is 79.1 Å². The molecule has 39 heavy (non-hydrogen) atoms. The van der Waals surface area contributed by atoms with Crippen molar-refractivity contribution in [3.63, 3.8) is 0 Å². The Hall–Kier alpha value is -2.62. The van der Waals surface area contributed by atoms with E-state index < -0.39 is 35.8 Å². The zero-order chi connectivity index (χ0) is 27.4. The van der Waals surface area contributed by atoms with Crippen molar-refractivity contribution in [1.82, 2.24) is 0 Å². The van der Waals surface area contributed by atoms with Crippen LogP contribution >= 0.6 is 46.1 Å². The third-order valence-corrected chi connectivity index (χ3v) is 9.40. The number of hydroxylamine groups is 1. The summed E-state index contributed by atoms with van der Waals surface area (Å²) >= 11 is 20.2. The molecule has 1 aromatic heterocycles. The van der Waals surface area contributed by atoms with Gasteiger partial charge in [-0.15, -0.1) is 11.3 Å². The maximum absolute atomic E-state index is 14.2. The third-order valence-electron chi connectivity index (χ3n) is 7.31. The molecule has 2 saturated heterocycles. The second kappa shape index (κ2) is 10.4. The van der Waals surface area contributed by atoms with Gasteiger partial charge in [0.25, 0.3) is 5.91 Å². The Morgan fingerprint density at radius 3 is 2.46 bits per heavy atom. The van der Waals surface area contributed by atoms with Crippen LogP contribution in [-0.2, 0) is 32.0 Å². The number of amides is 2. The number of anilines is 2. The maximum atomic E-state index is 14.2. The lowest BCUT2D eigenvalue weighted by Gasteiger charge is -2.29. The quantitative estimate of drug-likeness (QED) is 0.235. The van der Waals surface area contributed by atoms with Crippen LogP contribution in [0, 0.1) is 5.92 Å². The summed E-state index contributed by atoms with van der Waals surface area (Å²) in [5.74, 6) is -2.42. The number of fused-ring (bicyclic) bond motifs is 2. The molecule has 0 spiro atoms. The van der Waals surface area contributed by atoms with Crippen molar-refractivity contribution in [2.24, 2.45) is 5.92 Å². The number of esters is 1. The number of thiophene rings is 1. The Balaban J connectivity index is 1.46. The summed E-state index contributed by atoms with van der Waals surface area (Å²) in [5.41, 5.74) is 2.38. The first-order valence-corrected chi connectivity index (χ1v) is 14.6. The predicted molar refractivity (Wildman–Crippen MR) is 151 cm³/mol. The van der Waals surface area contributed by atoms with Crippen LogP contribution in [0.25, 0.3) is 0 Å². The molecule has 2 amide bonds. The molecule has 2 fully saturated rings. The lowest BCUT2D eigenvalue weighted by Crippen LogP contribution is -2.37. The Kier molecular flexibility index (Phi) is 7.10. The minimum Gasteiger partial charge on any atom is -0.462 e. The van der Waals surface area contributed by atoms with Crippen LogP contribution in [-0.4, -0.2) is 30.5 Å². The van der Waals surface area contributed by atoms with E-state index in [9.17, 15) is 14.4 Å². The number of carbonyl (C=O) groups is 3. The first-order valence-electron chi connectivity index (χ1n) is 12.7. The standard InChI is InChI=1S/C28H23Cl3N2O5S/c1-2-37-28(36)21-18-5-3-4-6-20(18)39-27(21)32-25(34)22-23(17-12-9-15(30)13-19(17)31)33(38-24(22)26(32)35)16-10-7-14(29)8-11-16/h7-13,22-24H,2-6H2,1H3/t22-,23-,24-/m1/s1. The van der Waals surface area contributed by atoms with Crippen molar-refractivity contribution in [2.45, 2.75) is 44.8 Å². The highest BCUT2D eigenvalue weighted by Gasteiger charge is 2.61. The van der Waals surface area contributed by atoms with E-state index >= 15 is 0 Å². The fourth-order valence-corrected chi connectivity index (χ4v) is 7.64. The highest BCUT2D eigenvalue weighted by atomic mass is 35.5. The Morgan fingerprint density at radius 1 is 1.03 bits per heavy atom. The minimum absolute atomic E-state index is 0.187. The molecule has 3 heterocycles. The van der Waals surface area contributed by atoms with E-state index in [1.165, 1.54) is 11.3 Å². The van der Waals surface area contributed by atoms with Crippen molar-refractivity contribution in [3.8, 4) is 0 Å². The highest BCUT2D eigenvalue weighted by molar-refractivity contribution is 7.17. The number of hydrogen-bond acceptors (Lipinski definition) is 7. The summed E-state index contributed by atoms with van der Waals surface area (Å²) in [6.45, 7) is 1.92. The van der Waals surface area contributed by atoms with Gasteiger partial charge in [0, 0.05) is 19.9 Å². The van der Waals surface area contributed by atoms with Gasteiger partial charge in [0.1, 0.15) is 10.9 Å². The van der Waals surface area contributed by atoms with E-state index in [2.05, 4.69) is 0 Å². The second-order valence-corrected chi connectivity index (χ2v) is 12.0. The first-order chi connectivity index (χ1) is 18.8. The van der Waals surface area contributed by atoms with Gasteiger partial charge in [0.05, 0.1) is 23.9 Å². The van der Waals surface area contributed by atoms with Crippen LogP contribution in [0.15, 0.2) is 42.5 Å². The van der Waals surface area contributed by atoms with E-state index in [-0.39, 0.29) is 6.61 Å². The van der Waals surface area contributed by atoms with Crippen LogP contribution in [0.4, 0.5) is 10.7 Å². The lowest BCUT2D eigenvalue weighted by molar-refractivity contribution is -0.126. The van der Waals surface area contributed by atoms with E-state index in [1.807, 2.05) is 0 Å². The van der Waals surface area contributed by atoms with E-state index in [0.717, 1.165) is 34.6 Å². The number of imide groups is 1. The predicted octanol–water partition coefficient (Wildman–Crippen LogP) is 6.81. The molecule has 3 aliphatic rings. The van der Waals surface area contributed by atoms with E-state index in [0.29, 0.717) is 43.3 Å². The van der Waals surface area contributed by atoms with Crippen LogP contribution < -0.4 is 9.96 Å². The van der Waals surface area contributed by atoms with Crippen LogP contribution in [0.1, 0.15) is 52.2 Å². The van der Waals surface area contributed by atoms with Gasteiger partial charge in [-0.1, -0.05) is 40.9 Å². The molecule has 6 rings (SSSR count). The van der Waals surface area contributed by atoms with Gasteiger partial charge in [-0.2, -0.15) is 0 Å². The third kappa shape index (κ3) is 4.43. The van der Waals surface area contributed by atoms with E-state index in [4.69, 9.17) is 44.4 Å². The molecule has 0 saturated carbocycles. The summed E-state index contributed by atoms with van der Waals surface area (Å²) in [5, 5.41) is 3.17. The van der Waals surface area contributed by atoms with E-state index in [1.54, 1.807) is 54.5 Å². The van der Waals surface area contributed by atoms with Crippen LogP contribution in [0.5, 0.6) is 0 Å². The van der Waals surface area contributed by atoms with Crippen LogP contribution in [0.3, 0.4) is 0 Å². The summed E-state index contributed by atoms with van der Waals surface area (Å²) in [6.07, 6.45) is 2.29. The maximum Gasteiger partial charge on any atom is 0.341 e. The lowest BCUT2D eigenvalue weighted by atomic mass is 9.90. The van der Waals surface area contributed by atoms with Crippen LogP contribution in [0.2, 0.25) is 15.1 Å². The molecule has 202 valence electrons. The SMILES string of the molecule is CCOC(=O)c1c(N2C(=O)[C@@H]3[C@@H](c4ccc(Cl)cc4Cl)N(c4ccc(Cl)cc4)O[C@H]3C2=O)sc2c1CCCC2. The van der Waals surface area contributed by atoms with Crippen molar-refractivity contribution < 1.29 is 24.0 Å². The smallest absolute Gasteiger partial charge is 0.341 e. The number of nitrogens with zero attached hydrogens (tertiary/aromatic N) is 2. The number of ether oxygens (including phenoxy) is 1. The van der Waals surface area contributed by atoms with Gasteiger partial charge in [-0.25, -0.2) is 14.8 Å². The van der Waals surface area contributed by atoms with Crippen molar-refractivity contribution in [1.29, 1.82) is 0 Å². The zero-order valence-corrected chi connectivity index (χ0v) is 23.9. The molecule has 0 bridgehead atoms. The molecular weight excluding hydrogens is 583 g/mol. The number of benzene rings is 2. The monoisotopic (exact) mass is 604 g/mol.